The van der Waals surface area contributed by atoms with Gasteiger partial charge >= 0.3 is 6.03 Å². The molecule has 2 rings (SSSR count). The summed E-state index contributed by atoms with van der Waals surface area (Å²) in [5, 5.41) is 5.35. The fourth-order valence-corrected chi connectivity index (χ4v) is 2.29. The van der Waals surface area contributed by atoms with Crippen LogP contribution in [0, 0.1) is 0 Å². The minimum atomic E-state index is -0.344. The number of hydrogen-bond acceptors (Lipinski definition) is 2. The molecule has 126 valence electrons. The van der Waals surface area contributed by atoms with Crippen LogP contribution in [0.2, 0.25) is 0 Å². The number of rotatable bonds is 7. The zero-order valence-electron chi connectivity index (χ0n) is 13.9. The zero-order chi connectivity index (χ0) is 17.2. The predicted octanol–water partition coefficient (Wildman–Crippen LogP) is 2.53. The van der Waals surface area contributed by atoms with Gasteiger partial charge in [-0.2, -0.15) is 0 Å². The maximum atomic E-state index is 12.2. The lowest BCUT2D eigenvalue weighted by Gasteiger charge is -2.21. The molecule has 24 heavy (non-hydrogen) atoms. The van der Waals surface area contributed by atoms with Gasteiger partial charge < -0.3 is 15.5 Å². The fourth-order valence-electron chi connectivity index (χ4n) is 2.29. The molecule has 0 spiro atoms. The summed E-state index contributed by atoms with van der Waals surface area (Å²) in [6, 6.07) is 19.1. The van der Waals surface area contributed by atoms with Gasteiger partial charge in [0.15, 0.2) is 0 Å². The highest BCUT2D eigenvalue weighted by molar-refractivity contribution is 5.83. The van der Waals surface area contributed by atoms with Crippen molar-refractivity contribution in [2.75, 3.05) is 13.1 Å². The monoisotopic (exact) mass is 325 g/mol. The lowest BCUT2D eigenvalue weighted by atomic mass is 10.2. The molecule has 0 unspecified atom stereocenters. The van der Waals surface area contributed by atoms with Crippen LogP contribution in [0.4, 0.5) is 4.79 Å². The average Bonchev–Trinajstić information content (AvgIpc) is 2.64. The Morgan fingerprint density at radius 3 is 2.04 bits per heavy atom. The molecule has 0 aliphatic carbocycles. The zero-order valence-corrected chi connectivity index (χ0v) is 13.9. The van der Waals surface area contributed by atoms with Crippen molar-refractivity contribution >= 4 is 11.9 Å². The molecular weight excluding hydrogens is 302 g/mol. The molecule has 0 aliphatic heterocycles. The number of amides is 3. The van der Waals surface area contributed by atoms with E-state index in [1.807, 2.05) is 67.6 Å². The number of benzene rings is 2. The van der Waals surface area contributed by atoms with Crippen LogP contribution in [-0.2, 0) is 17.9 Å². The van der Waals surface area contributed by atoms with Crippen molar-refractivity contribution < 1.29 is 9.59 Å². The van der Waals surface area contributed by atoms with Crippen LogP contribution in [0.1, 0.15) is 18.1 Å². The number of nitrogens with zero attached hydrogens (tertiary/aromatic N) is 1. The molecule has 2 aromatic rings. The van der Waals surface area contributed by atoms with Gasteiger partial charge in [-0.3, -0.25) is 4.79 Å². The molecule has 0 radical (unpaired) electrons. The third-order valence-electron chi connectivity index (χ3n) is 3.65. The molecule has 0 bridgehead atoms. The van der Waals surface area contributed by atoms with E-state index in [1.54, 1.807) is 4.90 Å². The molecule has 2 aromatic carbocycles. The van der Waals surface area contributed by atoms with Gasteiger partial charge in [0.1, 0.15) is 0 Å². The van der Waals surface area contributed by atoms with Crippen LogP contribution in [0.15, 0.2) is 60.7 Å². The highest BCUT2D eigenvalue weighted by Gasteiger charge is 2.13. The molecular formula is C19H23N3O2. The highest BCUT2D eigenvalue weighted by Crippen LogP contribution is 2.04. The van der Waals surface area contributed by atoms with E-state index in [-0.39, 0.29) is 18.5 Å². The van der Waals surface area contributed by atoms with E-state index < -0.39 is 0 Å². The van der Waals surface area contributed by atoms with Crippen molar-refractivity contribution in [3.8, 4) is 0 Å². The molecule has 0 heterocycles. The number of likely N-dealkylation sites (N-methyl/N-ethyl adjacent to an activating group) is 1. The van der Waals surface area contributed by atoms with Crippen molar-refractivity contribution in [3.63, 3.8) is 0 Å². The molecule has 0 fully saturated rings. The number of carbonyl (C=O) groups is 2. The van der Waals surface area contributed by atoms with Crippen LogP contribution < -0.4 is 10.6 Å². The molecule has 0 saturated carbocycles. The minimum absolute atomic E-state index is 0.0126. The summed E-state index contributed by atoms with van der Waals surface area (Å²) in [5.74, 6) is -0.101. The largest absolute Gasteiger partial charge is 0.337 e. The van der Waals surface area contributed by atoms with E-state index >= 15 is 0 Å². The first-order valence-corrected chi connectivity index (χ1v) is 8.06. The van der Waals surface area contributed by atoms with E-state index in [1.165, 1.54) is 0 Å². The molecule has 0 saturated heterocycles. The first kappa shape index (κ1) is 17.5. The second kappa shape index (κ2) is 9.35. The molecule has 5 nitrogen and oxygen atoms in total. The van der Waals surface area contributed by atoms with Crippen LogP contribution in [-0.4, -0.2) is 29.9 Å². The number of urea groups is 1. The maximum absolute atomic E-state index is 12.2. The first-order chi connectivity index (χ1) is 11.7. The van der Waals surface area contributed by atoms with Crippen molar-refractivity contribution in [3.05, 3.63) is 71.8 Å². The van der Waals surface area contributed by atoms with E-state index in [9.17, 15) is 9.59 Å². The van der Waals surface area contributed by atoms with Gasteiger partial charge in [-0.1, -0.05) is 60.7 Å². The number of nitrogens with one attached hydrogen (secondary N) is 2. The molecule has 0 aliphatic rings. The Balaban J connectivity index is 1.75. The van der Waals surface area contributed by atoms with E-state index in [0.717, 1.165) is 11.1 Å². The lowest BCUT2D eigenvalue weighted by molar-refractivity contribution is -0.130. The topological polar surface area (TPSA) is 61.4 Å². The van der Waals surface area contributed by atoms with Crippen molar-refractivity contribution in [2.45, 2.75) is 20.0 Å². The smallest absolute Gasteiger partial charge is 0.315 e. The number of carbonyl (C=O) groups excluding carboxylic acids is 2. The second-order valence-electron chi connectivity index (χ2n) is 5.42. The van der Waals surface area contributed by atoms with Crippen molar-refractivity contribution in [1.82, 2.24) is 15.5 Å². The Hall–Kier alpha value is -2.82. The summed E-state index contributed by atoms with van der Waals surface area (Å²) in [6.07, 6.45) is 0. The van der Waals surface area contributed by atoms with Gasteiger partial charge in [-0.05, 0) is 18.1 Å². The van der Waals surface area contributed by atoms with Crippen LogP contribution in [0.5, 0.6) is 0 Å². The lowest BCUT2D eigenvalue weighted by Crippen LogP contribution is -2.43. The van der Waals surface area contributed by atoms with Crippen LogP contribution >= 0.6 is 0 Å². The Labute approximate surface area is 142 Å². The minimum Gasteiger partial charge on any atom is -0.337 e. The summed E-state index contributed by atoms with van der Waals surface area (Å²) < 4.78 is 0. The summed E-state index contributed by atoms with van der Waals surface area (Å²) in [6.45, 7) is 3.49. The Kier molecular flexibility index (Phi) is 6.83. The van der Waals surface area contributed by atoms with Crippen LogP contribution in [0.3, 0.4) is 0 Å². The van der Waals surface area contributed by atoms with E-state index in [4.69, 9.17) is 0 Å². The standard InChI is InChI=1S/C19H23N3O2/c1-2-22(15-17-11-7-4-8-12-17)18(23)14-21-19(24)20-13-16-9-5-3-6-10-16/h3-12H,2,13-15H2,1H3,(H2,20,21,24). The summed E-state index contributed by atoms with van der Waals surface area (Å²) >= 11 is 0. The first-order valence-electron chi connectivity index (χ1n) is 8.06. The second-order valence-corrected chi connectivity index (χ2v) is 5.42. The quantitative estimate of drug-likeness (QED) is 0.822. The summed E-state index contributed by atoms with van der Waals surface area (Å²) in [5.41, 5.74) is 2.08. The average molecular weight is 325 g/mol. The SMILES string of the molecule is CCN(Cc1ccccc1)C(=O)CNC(=O)NCc1ccccc1. The fraction of sp³-hybridized carbons (Fsp3) is 0.263. The molecule has 2 N–H and O–H groups in total. The van der Waals surface area contributed by atoms with Gasteiger partial charge in [0.05, 0.1) is 6.54 Å². The van der Waals surface area contributed by atoms with E-state index in [2.05, 4.69) is 10.6 Å². The summed E-state index contributed by atoms with van der Waals surface area (Å²) in [4.78, 5) is 25.8. The highest BCUT2D eigenvalue weighted by atomic mass is 16.2. The molecule has 0 aromatic heterocycles. The van der Waals surface area contributed by atoms with Gasteiger partial charge in [-0.15, -0.1) is 0 Å². The van der Waals surface area contributed by atoms with Crippen molar-refractivity contribution in [1.29, 1.82) is 0 Å². The van der Waals surface area contributed by atoms with Gasteiger partial charge in [0.25, 0.3) is 0 Å². The van der Waals surface area contributed by atoms with E-state index in [0.29, 0.717) is 19.6 Å². The Morgan fingerprint density at radius 1 is 0.875 bits per heavy atom. The molecule has 5 heteroatoms. The Morgan fingerprint density at radius 2 is 1.46 bits per heavy atom. The van der Waals surface area contributed by atoms with Gasteiger partial charge in [-0.25, -0.2) is 4.79 Å². The number of hydrogen-bond donors (Lipinski definition) is 2. The molecule has 3 amide bonds. The maximum Gasteiger partial charge on any atom is 0.315 e. The van der Waals surface area contributed by atoms with Crippen LogP contribution in [0.25, 0.3) is 0 Å². The van der Waals surface area contributed by atoms with Gasteiger partial charge in [0.2, 0.25) is 5.91 Å². The third kappa shape index (κ3) is 5.76. The molecule has 0 atom stereocenters. The van der Waals surface area contributed by atoms with Gasteiger partial charge in [0, 0.05) is 19.6 Å². The summed E-state index contributed by atoms with van der Waals surface area (Å²) in [7, 11) is 0. The van der Waals surface area contributed by atoms with Crippen molar-refractivity contribution in [2.24, 2.45) is 0 Å². The Bertz CT molecular complexity index is 644. The third-order valence-corrected chi connectivity index (χ3v) is 3.65. The normalized spacial score (nSPS) is 10.0. The predicted molar refractivity (Wildman–Crippen MR) is 94.2 cm³/mol.